The molecule has 0 atom stereocenters. The highest BCUT2D eigenvalue weighted by Crippen LogP contribution is 2.37. The van der Waals surface area contributed by atoms with E-state index in [4.69, 9.17) is 9.47 Å². The highest BCUT2D eigenvalue weighted by Gasteiger charge is 2.20. The minimum Gasteiger partial charge on any atom is -0.504 e. The summed E-state index contributed by atoms with van der Waals surface area (Å²) in [5.41, 5.74) is 4.13. The maximum atomic E-state index is 10.7. The largest absolute Gasteiger partial charge is 0.504 e. The Balaban J connectivity index is 2.02. The first kappa shape index (κ1) is 26.8. The van der Waals surface area contributed by atoms with E-state index in [-0.39, 0.29) is 22.3 Å². The molecule has 0 aliphatic carbocycles. The second kappa shape index (κ2) is 10.4. The summed E-state index contributed by atoms with van der Waals surface area (Å²) in [7, 11) is 3.07. The molecule has 6 nitrogen and oxygen atoms in total. The molecular weight excluding hydrogens is 452 g/mol. The summed E-state index contributed by atoms with van der Waals surface area (Å²) < 4.78 is 10.8. The van der Waals surface area contributed by atoms with Crippen LogP contribution in [0.25, 0.3) is 0 Å². The Hall–Kier alpha value is -3.80. The molecule has 190 valence electrons. The molecule has 0 aliphatic rings. The second-order valence-electron chi connectivity index (χ2n) is 10.7. The van der Waals surface area contributed by atoms with E-state index in [1.807, 2.05) is 48.5 Å². The summed E-state index contributed by atoms with van der Waals surface area (Å²) in [4.78, 5) is 9.24. The maximum absolute atomic E-state index is 10.7. The normalized spacial score (nSPS) is 12.4. The molecule has 0 saturated carbocycles. The molecule has 0 fully saturated rings. The number of para-hydroxylation sites is 2. The Labute approximate surface area is 214 Å². The minimum absolute atomic E-state index is 0.0336. The monoisotopic (exact) mass is 488 g/mol. The number of nitrogens with zero attached hydrogens (tertiary/aromatic N) is 2. The summed E-state index contributed by atoms with van der Waals surface area (Å²) in [6.07, 6.45) is 3.23. The maximum Gasteiger partial charge on any atom is 0.166 e. The van der Waals surface area contributed by atoms with Crippen molar-refractivity contribution in [1.29, 1.82) is 0 Å². The molecule has 0 radical (unpaired) electrons. The fraction of sp³-hybridized carbons (Fsp3) is 0.333. The average molecular weight is 489 g/mol. The molecule has 3 aromatic rings. The van der Waals surface area contributed by atoms with Crippen molar-refractivity contribution in [2.45, 2.75) is 52.4 Å². The van der Waals surface area contributed by atoms with Gasteiger partial charge >= 0.3 is 0 Å². The summed E-state index contributed by atoms with van der Waals surface area (Å²) >= 11 is 0. The number of phenols is 2. The van der Waals surface area contributed by atoms with E-state index in [0.29, 0.717) is 34.0 Å². The number of benzene rings is 3. The van der Waals surface area contributed by atoms with E-state index in [1.165, 1.54) is 14.2 Å². The molecule has 0 heterocycles. The topological polar surface area (TPSA) is 83.6 Å². The molecule has 0 aromatic heterocycles. The van der Waals surface area contributed by atoms with E-state index in [9.17, 15) is 10.2 Å². The van der Waals surface area contributed by atoms with Gasteiger partial charge in [0.15, 0.2) is 23.0 Å². The first-order valence-electron chi connectivity index (χ1n) is 11.8. The Morgan fingerprint density at radius 2 is 1.00 bits per heavy atom. The third-order valence-corrected chi connectivity index (χ3v) is 5.95. The molecule has 0 aliphatic heterocycles. The predicted octanol–water partition coefficient (Wildman–Crippen LogP) is 7.21. The molecule has 36 heavy (non-hydrogen) atoms. The number of aromatic hydroxyl groups is 2. The van der Waals surface area contributed by atoms with E-state index in [2.05, 4.69) is 51.5 Å². The number of rotatable bonds is 6. The zero-order valence-corrected chi connectivity index (χ0v) is 22.4. The van der Waals surface area contributed by atoms with Gasteiger partial charge in [0.1, 0.15) is 0 Å². The highest BCUT2D eigenvalue weighted by atomic mass is 16.5. The van der Waals surface area contributed by atoms with E-state index in [1.54, 1.807) is 12.4 Å². The lowest BCUT2D eigenvalue weighted by molar-refractivity contribution is 0.371. The van der Waals surface area contributed by atoms with Crippen molar-refractivity contribution in [3.63, 3.8) is 0 Å². The SMILES string of the molecule is COc1cc(C(C)(C)C)cc(C=Nc2ccccc2N=Cc2cc(C(C)(C)C)cc(OC)c2O)c1O. The first-order valence-corrected chi connectivity index (χ1v) is 11.8. The van der Waals surface area contributed by atoms with Crippen LogP contribution in [0.1, 0.15) is 63.8 Å². The molecule has 0 spiro atoms. The van der Waals surface area contributed by atoms with Crippen LogP contribution in [0.15, 0.2) is 58.5 Å². The van der Waals surface area contributed by atoms with Crippen molar-refractivity contribution >= 4 is 23.8 Å². The molecule has 0 unspecified atom stereocenters. The lowest BCUT2D eigenvalue weighted by Crippen LogP contribution is -2.12. The lowest BCUT2D eigenvalue weighted by Gasteiger charge is -2.21. The van der Waals surface area contributed by atoms with Crippen molar-refractivity contribution in [1.82, 2.24) is 0 Å². The third-order valence-electron chi connectivity index (χ3n) is 5.95. The number of hydrogen-bond acceptors (Lipinski definition) is 6. The third kappa shape index (κ3) is 6.06. The Bertz CT molecular complexity index is 1200. The minimum atomic E-state index is -0.129. The zero-order chi connectivity index (χ0) is 26.7. The predicted molar refractivity (Wildman–Crippen MR) is 148 cm³/mol. The van der Waals surface area contributed by atoms with Gasteiger partial charge in [0.05, 0.1) is 25.6 Å². The van der Waals surface area contributed by atoms with Gasteiger partial charge in [0.2, 0.25) is 0 Å². The summed E-state index contributed by atoms with van der Waals surface area (Å²) in [6, 6.07) is 14.9. The van der Waals surface area contributed by atoms with Crippen LogP contribution in [0.4, 0.5) is 11.4 Å². The molecule has 6 heteroatoms. The van der Waals surface area contributed by atoms with Crippen LogP contribution in [0, 0.1) is 0 Å². The number of hydrogen-bond donors (Lipinski definition) is 2. The lowest BCUT2D eigenvalue weighted by atomic mass is 9.86. The number of ether oxygens (including phenoxy) is 2. The van der Waals surface area contributed by atoms with Gasteiger partial charge in [-0.25, -0.2) is 0 Å². The van der Waals surface area contributed by atoms with Gasteiger partial charge in [-0.1, -0.05) is 53.7 Å². The van der Waals surface area contributed by atoms with Gasteiger partial charge in [-0.2, -0.15) is 0 Å². The number of aliphatic imine (C=N–C) groups is 2. The van der Waals surface area contributed by atoms with Crippen LogP contribution in [0.2, 0.25) is 0 Å². The van der Waals surface area contributed by atoms with Gasteiger partial charge in [-0.3, -0.25) is 9.98 Å². The molecule has 2 N–H and O–H groups in total. The number of phenolic OH excluding ortho intramolecular Hbond substituents is 2. The smallest absolute Gasteiger partial charge is 0.166 e. The molecule has 3 aromatic carbocycles. The van der Waals surface area contributed by atoms with Crippen LogP contribution in [0.5, 0.6) is 23.0 Å². The molecule has 3 rings (SSSR count). The van der Waals surface area contributed by atoms with E-state index >= 15 is 0 Å². The van der Waals surface area contributed by atoms with Gasteiger partial charge in [-0.05, 0) is 58.4 Å². The fourth-order valence-corrected chi connectivity index (χ4v) is 3.59. The Kier molecular flexibility index (Phi) is 7.77. The summed E-state index contributed by atoms with van der Waals surface area (Å²) in [5, 5.41) is 21.3. The van der Waals surface area contributed by atoms with Gasteiger partial charge in [0, 0.05) is 23.6 Å². The standard InChI is InChI=1S/C30H36N2O4/c1-29(2,3)21-13-19(27(33)25(15-21)35-7)17-31-23-11-9-10-12-24(23)32-18-20-14-22(30(4,5)6)16-26(36-8)28(20)34/h9-18,33-34H,1-8H3. The first-order chi connectivity index (χ1) is 16.8. The van der Waals surface area contributed by atoms with Crippen LogP contribution >= 0.6 is 0 Å². The van der Waals surface area contributed by atoms with Crippen LogP contribution in [-0.2, 0) is 10.8 Å². The molecule has 0 amide bonds. The van der Waals surface area contributed by atoms with Crippen LogP contribution < -0.4 is 9.47 Å². The van der Waals surface area contributed by atoms with E-state index in [0.717, 1.165) is 11.1 Å². The summed E-state index contributed by atoms with van der Waals surface area (Å²) in [5.74, 6) is 0.870. The molecular formula is C30H36N2O4. The highest BCUT2D eigenvalue weighted by molar-refractivity contribution is 5.91. The summed E-state index contributed by atoms with van der Waals surface area (Å²) in [6.45, 7) is 12.6. The average Bonchev–Trinajstić information content (AvgIpc) is 2.81. The molecule has 0 saturated heterocycles. The van der Waals surface area contributed by atoms with Gasteiger partial charge < -0.3 is 19.7 Å². The fourth-order valence-electron chi connectivity index (χ4n) is 3.59. The number of methoxy groups -OCH3 is 2. The van der Waals surface area contributed by atoms with Crippen molar-refractivity contribution < 1.29 is 19.7 Å². The Morgan fingerprint density at radius 1 is 0.639 bits per heavy atom. The van der Waals surface area contributed by atoms with Crippen molar-refractivity contribution in [3.8, 4) is 23.0 Å². The van der Waals surface area contributed by atoms with Crippen molar-refractivity contribution in [2.24, 2.45) is 9.98 Å². The van der Waals surface area contributed by atoms with Gasteiger partial charge in [0.25, 0.3) is 0 Å². The van der Waals surface area contributed by atoms with Crippen molar-refractivity contribution in [2.75, 3.05) is 14.2 Å². The second-order valence-corrected chi connectivity index (χ2v) is 10.7. The quantitative estimate of drug-likeness (QED) is 0.359. The molecule has 0 bridgehead atoms. The van der Waals surface area contributed by atoms with E-state index < -0.39 is 0 Å². The van der Waals surface area contributed by atoms with Crippen LogP contribution in [-0.4, -0.2) is 36.9 Å². The Morgan fingerprint density at radius 3 is 1.31 bits per heavy atom. The van der Waals surface area contributed by atoms with Gasteiger partial charge in [-0.15, -0.1) is 0 Å². The van der Waals surface area contributed by atoms with Crippen LogP contribution in [0.3, 0.4) is 0 Å². The zero-order valence-electron chi connectivity index (χ0n) is 22.4. The van der Waals surface area contributed by atoms with Crippen molar-refractivity contribution in [3.05, 3.63) is 70.8 Å².